The van der Waals surface area contributed by atoms with Crippen LogP contribution in [-0.4, -0.2) is 41.7 Å². The monoisotopic (exact) mass is 250 g/mol. The van der Waals surface area contributed by atoms with Crippen molar-refractivity contribution in [2.24, 2.45) is 0 Å². The van der Waals surface area contributed by atoms with Crippen LogP contribution in [0.3, 0.4) is 0 Å². The van der Waals surface area contributed by atoms with E-state index in [4.69, 9.17) is 9.47 Å². The van der Waals surface area contributed by atoms with Gasteiger partial charge in [0.15, 0.2) is 0 Å². The zero-order valence-electron chi connectivity index (χ0n) is 11.6. The maximum absolute atomic E-state index is 5.91. The number of ether oxygens (including phenoxy) is 2. The second kappa shape index (κ2) is 5.14. The number of pyridine rings is 1. The first-order chi connectivity index (χ1) is 8.49. The molecular formula is C14H22N2O2. The minimum Gasteiger partial charge on any atom is -0.481 e. The van der Waals surface area contributed by atoms with Crippen LogP contribution in [0.2, 0.25) is 0 Å². The van der Waals surface area contributed by atoms with Gasteiger partial charge in [-0.05, 0) is 27.2 Å². The second-order valence-corrected chi connectivity index (χ2v) is 5.66. The predicted molar refractivity (Wildman–Crippen MR) is 71.1 cm³/mol. The number of hydrogen-bond donors (Lipinski definition) is 0. The van der Waals surface area contributed by atoms with E-state index in [-0.39, 0.29) is 11.6 Å². The number of hydrogen-bond acceptors (Lipinski definition) is 4. The third-order valence-electron chi connectivity index (χ3n) is 3.29. The molecule has 0 aromatic carbocycles. The summed E-state index contributed by atoms with van der Waals surface area (Å²) in [5.41, 5.74) is 0.208. The Balaban J connectivity index is 1.95. The predicted octanol–water partition coefficient (Wildman–Crippen LogP) is 2.34. The molecule has 4 heteroatoms. The maximum atomic E-state index is 5.91. The van der Waals surface area contributed by atoms with Crippen molar-refractivity contribution >= 4 is 0 Å². The third kappa shape index (κ3) is 3.13. The summed E-state index contributed by atoms with van der Waals surface area (Å²) >= 11 is 0. The van der Waals surface area contributed by atoms with Gasteiger partial charge in [0.2, 0.25) is 11.8 Å². The molecule has 1 saturated heterocycles. The molecule has 0 aliphatic carbocycles. The zero-order valence-corrected chi connectivity index (χ0v) is 11.6. The molecule has 1 fully saturated rings. The van der Waals surface area contributed by atoms with Crippen molar-refractivity contribution in [3.63, 3.8) is 0 Å². The van der Waals surface area contributed by atoms with Crippen LogP contribution in [0.15, 0.2) is 18.2 Å². The van der Waals surface area contributed by atoms with Gasteiger partial charge < -0.3 is 9.47 Å². The molecule has 1 aromatic rings. The molecule has 1 atom stereocenters. The summed E-state index contributed by atoms with van der Waals surface area (Å²) in [7, 11) is 1.61. The smallest absolute Gasteiger partial charge is 0.216 e. The Hall–Kier alpha value is -1.29. The largest absolute Gasteiger partial charge is 0.481 e. The molecule has 1 aromatic heterocycles. The molecule has 100 valence electrons. The van der Waals surface area contributed by atoms with Crippen LogP contribution in [-0.2, 0) is 0 Å². The standard InChI is InChI=1S/C14H22N2O2/c1-14(2,3)16-9-8-11(10-16)18-13-7-5-6-12(15-13)17-4/h5-7,11H,8-10H2,1-4H3. The molecule has 1 aliphatic rings. The average Bonchev–Trinajstić information content (AvgIpc) is 2.77. The van der Waals surface area contributed by atoms with E-state index in [9.17, 15) is 0 Å². The molecule has 18 heavy (non-hydrogen) atoms. The fraction of sp³-hybridized carbons (Fsp3) is 0.643. The SMILES string of the molecule is COc1cccc(OC2CCN(C(C)(C)C)C2)n1. The normalized spacial score (nSPS) is 21.0. The zero-order chi connectivity index (χ0) is 13.2. The highest BCUT2D eigenvalue weighted by Gasteiger charge is 2.31. The van der Waals surface area contributed by atoms with Gasteiger partial charge in [0, 0.05) is 30.8 Å². The Kier molecular flexibility index (Phi) is 3.76. The van der Waals surface area contributed by atoms with E-state index in [1.165, 1.54) is 0 Å². The van der Waals surface area contributed by atoms with Crippen LogP contribution in [0.4, 0.5) is 0 Å². The van der Waals surface area contributed by atoms with Crippen molar-refractivity contribution in [2.75, 3.05) is 20.2 Å². The Bertz CT molecular complexity index is 401. The van der Waals surface area contributed by atoms with Crippen molar-refractivity contribution in [2.45, 2.75) is 38.8 Å². The highest BCUT2D eigenvalue weighted by Crippen LogP contribution is 2.24. The summed E-state index contributed by atoms with van der Waals surface area (Å²) in [4.78, 5) is 6.72. The first kappa shape index (κ1) is 13.1. The van der Waals surface area contributed by atoms with Crippen LogP contribution in [0, 0.1) is 0 Å². The van der Waals surface area contributed by atoms with Crippen LogP contribution < -0.4 is 9.47 Å². The van der Waals surface area contributed by atoms with Gasteiger partial charge in [-0.25, -0.2) is 0 Å². The van der Waals surface area contributed by atoms with Crippen molar-refractivity contribution in [3.05, 3.63) is 18.2 Å². The van der Waals surface area contributed by atoms with Crippen LogP contribution >= 0.6 is 0 Å². The van der Waals surface area contributed by atoms with E-state index in [1.54, 1.807) is 7.11 Å². The molecule has 1 unspecified atom stereocenters. The van der Waals surface area contributed by atoms with E-state index >= 15 is 0 Å². The van der Waals surface area contributed by atoms with Crippen molar-refractivity contribution in [1.29, 1.82) is 0 Å². The first-order valence-corrected chi connectivity index (χ1v) is 6.42. The van der Waals surface area contributed by atoms with Crippen LogP contribution in [0.1, 0.15) is 27.2 Å². The number of likely N-dealkylation sites (tertiary alicyclic amines) is 1. The summed E-state index contributed by atoms with van der Waals surface area (Å²) in [5, 5.41) is 0. The molecule has 0 amide bonds. The molecule has 0 bridgehead atoms. The number of aromatic nitrogens is 1. The lowest BCUT2D eigenvalue weighted by molar-refractivity contribution is 0.138. The average molecular weight is 250 g/mol. The number of rotatable bonds is 3. The summed E-state index contributed by atoms with van der Waals surface area (Å²) in [6.07, 6.45) is 1.28. The maximum Gasteiger partial charge on any atom is 0.216 e. The van der Waals surface area contributed by atoms with Crippen molar-refractivity contribution in [3.8, 4) is 11.8 Å². The van der Waals surface area contributed by atoms with E-state index < -0.39 is 0 Å². The first-order valence-electron chi connectivity index (χ1n) is 6.42. The van der Waals surface area contributed by atoms with Crippen molar-refractivity contribution in [1.82, 2.24) is 9.88 Å². The highest BCUT2D eigenvalue weighted by molar-refractivity contribution is 5.20. The third-order valence-corrected chi connectivity index (χ3v) is 3.29. The summed E-state index contributed by atoms with van der Waals surface area (Å²) in [6, 6.07) is 5.60. The van der Waals surface area contributed by atoms with Crippen LogP contribution in [0.25, 0.3) is 0 Å². The summed E-state index contributed by atoms with van der Waals surface area (Å²) in [5.74, 6) is 1.24. The highest BCUT2D eigenvalue weighted by atomic mass is 16.5. The van der Waals surface area contributed by atoms with Gasteiger partial charge in [0.05, 0.1) is 7.11 Å². The van der Waals surface area contributed by atoms with Crippen molar-refractivity contribution < 1.29 is 9.47 Å². The van der Waals surface area contributed by atoms with E-state index in [0.29, 0.717) is 11.8 Å². The lowest BCUT2D eigenvalue weighted by atomic mass is 10.1. The Morgan fingerprint density at radius 2 is 2.00 bits per heavy atom. The van der Waals surface area contributed by atoms with E-state index in [0.717, 1.165) is 19.5 Å². The van der Waals surface area contributed by atoms with Gasteiger partial charge >= 0.3 is 0 Å². The number of methoxy groups -OCH3 is 1. The van der Waals surface area contributed by atoms with Gasteiger partial charge in [0.25, 0.3) is 0 Å². The molecule has 0 spiro atoms. The second-order valence-electron chi connectivity index (χ2n) is 5.66. The molecule has 1 aliphatic heterocycles. The minimum atomic E-state index is 0.208. The van der Waals surface area contributed by atoms with E-state index in [1.807, 2.05) is 18.2 Å². The van der Waals surface area contributed by atoms with Gasteiger partial charge in [-0.15, -0.1) is 0 Å². The Morgan fingerprint density at radius 3 is 2.61 bits per heavy atom. The Morgan fingerprint density at radius 1 is 1.28 bits per heavy atom. The topological polar surface area (TPSA) is 34.6 Å². The molecule has 0 N–H and O–H groups in total. The quantitative estimate of drug-likeness (QED) is 0.824. The summed E-state index contributed by atoms with van der Waals surface area (Å²) in [6.45, 7) is 8.75. The molecule has 4 nitrogen and oxygen atoms in total. The van der Waals surface area contributed by atoms with Gasteiger partial charge in [-0.3, -0.25) is 4.90 Å². The fourth-order valence-corrected chi connectivity index (χ4v) is 2.18. The van der Waals surface area contributed by atoms with Gasteiger partial charge in [-0.1, -0.05) is 6.07 Å². The molecule has 0 saturated carbocycles. The lowest BCUT2D eigenvalue weighted by Gasteiger charge is -2.31. The summed E-state index contributed by atoms with van der Waals surface area (Å²) < 4.78 is 11.0. The fourth-order valence-electron chi connectivity index (χ4n) is 2.18. The molecule has 2 rings (SSSR count). The van der Waals surface area contributed by atoms with E-state index in [2.05, 4.69) is 30.7 Å². The van der Waals surface area contributed by atoms with Gasteiger partial charge in [0.1, 0.15) is 6.10 Å². The molecule has 0 radical (unpaired) electrons. The molecular weight excluding hydrogens is 228 g/mol. The van der Waals surface area contributed by atoms with Gasteiger partial charge in [-0.2, -0.15) is 4.98 Å². The Labute approximate surface area is 109 Å². The van der Waals surface area contributed by atoms with Crippen LogP contribution in [0.5, 0.6) is 11.8 Å². The number of nitrogens with zero attached hydrogens (tertiary/aromatic N) is 2. The lowest BCUT2D eigenvalue weighted by Crippen LogP contribution is -2.40. The molecule has 2 heterocycles. The minimum absolute atomic E-state index is 0.208.